The zero-order valence-electron chi connectivity index (χ0n) is 17.5. The minimum Gasteiger partial charge on any atom is -0.478 e. The quantitative estimate of drug-likeness (QED) is 0.266. The number of rotatable bonds is 10. The summed E-state index contributed by atoms with van der Waals surface area (Å²) in [7, 11) is 0. The van der Waals surface area contributed by atoms with Crippen LogP contribution in [-0.4, -0.2) is 33.0 Å². The number of nitrogens with two attached hydrogens (primary N) is 2. The molecule has 0 radical (unpaired) electrons. The van der Waals surface area contributed by atoms with Gasteiger partial charge >= 0.3 is 11.4 Å². The molecule has 2 rings (SSSR count). The molecule has 0 atom stereocenters. The summed E-state index contributed by atoms with van der Waals surface area (Å²) < 4.78 is 10.5. The topological polar surface area (TPSA) is 183 Å². The molecule has 0 aliphatic carbocycles. The van der Waals surface area contributed by atoms with E-state index < -0.39 is 9.85 Å². The first-order valence-electron chi connectivity index (χ1n) is 9.58. The fourth-order valence-corrected chi connectivity index (χ4v) is 2.68. The lowest BCUT2D eigenvalue weighted by Gasteiger charge is -2.06. The minimum atomic E-state index is -0.666. The van der Waals surface area contributed by atoms with Crippen molar-refractivity contribution in [2.24, 2.45) is 0 Å². The Balaban J connectivity index is 0.000000320. The van der Waals surface area contributed by atoms with Gasteiger partial charge in [-0.2, -0.15) is 9.97 Å². The van der Waals surface area contributed by atoms with Crippen molar-refractivity contribution in [1.29, 1.82) is 0 Å². The summed E-state index contributed by atoms with van der Waals surface area (Å²) in [5, 5.41) is 21.0. The minimum absolute atomic E-state index is 0.0657. The highest BCUT2D eigenvalue weighted by atomic mass is 35.5. The number of anilines is 2. The van der Waals surface area contributed by atoms with Crippen LogP contribution < -0.4 is 20.9 Å². The number of ether oxygens (including phenoxy) is 2. The molecule has 0 aliphatic rings. The van der Waals surface area contributed by atoms with Gasteiger partial charge in [0.05, 0.1) is 23.1 Å². The number of halogens is 2. The Morgan fingerprint density at radius 1 is 0.844 bits per heavy atom. The van der Waals surface area contributed by atoms with Crippen molar-refractivity contribution in [2.45, 2.75) is 39.5 Å². The average Bonchev–Trinajstić information content (AvgIpc) is 2.67. The Kier molecular flexibility index (Phi) is 11.2. The van der Waals surface area contributed by atoms with Gasteiger partial charge in [-0.15, -0.1) is 0 Å². The van der Waals surface area contributed by atoms with E-state index in [2.05, 4.69) is 9.97 Å². The van der Waals surface area contributed by atoms with E-state index in [0.29, 0.717) is 13.2 Å². The highest BCUT2D eigenvalue weighted by Gasteiger charge is 2.21. The van der Waals surface area contributed by atoms with Crippen LogP contribution in [0.1, 0.15) is 39.5 Å². The number of hydrogen-bond donors (Lipinski definition) is 2. The first kappa shape index (κ1) is 26.9. The molecule has 14 heteroatoms. The van der Waals surface area contributed by atoms with Gasteiger partial charge in [0.1, 0.15) is 10.0 Å². The second-order valence-corrected chi connectivity index (χ2v) is 7.08. The van der Waals surface area contributed by atoms with Crippen molar-refractivity contribution in [2.75, 3.05) is 24.7 Å². The fraction of sp³-hybridized carbons (Fsp3) is 0.444. The normalized spacial score (nSPS) is 10.1. The summed E-state index contributed by atoms with van der Waals surface area (Å²) in [5.41, 5.74) is 10.1. The predicted molar refractivity (Wildman–Crippen MR) is 121 cm³/mol. The van der Waals surface area contributed by atoms with Gasteiger partial charge in [-0.3, -0.25) is 20.2 Å². The van der Waals surface area contributed by atoms with Gasteiger partial charge in [-0.1, -0.05) is 49.9 Å². The second-order valence-electron chi connectivity index (χ2n) is 6.27. The molecule has 176 valence electrons. The number of nitro groups is 2. The van der Waals surface area contributed by atoms with Crippen LogP contribution in [0.3, 0.4) is 0 Å². The zero-order chi connectivity index (χ0) is 24.3. The lowest BCUT2D eigenvalue weighted by Crippen LogP contribution is -2.03. The Morgan fingerprint density at radius 3 is 1.44 bits per heavy atom. The van der Waals surface area contributed by atoms with Crippen LogP contribution in [-0.2, 0) is 0 Å². The maximum atomic E-state index is 10.6. The molecule has 0 spiro atoms. The number of nitrogens with zero attached hydrogens (tertiary/aromatic N) is 4. The zero-order valence-corrected chi connectivity index (χ0v) is 19.1. The maximum absolute atomic E-state index is 10.6. The van der Waals surface area contributed by atoms with Crippen molar-refractivity contribution in [3.05, 3.63) is 42.4 Å². The molecule has 0 bridgehead atoms. The monoisotopic (exact) mass is 490 g/mol. The van der Waals surface area contributed by atoms with E-state index in [1.54, 1.807) is 0 Å². The van der Waals surface area contributed by atoms with E-state index >= 15 is 0 Å². The van der Waals surface area contributed by atoms with Crippen molar-refractivity contribution >= 4 is 46.2 Å². The Morgan fingerprint density at radius 2 is 1.19 bits per heavy atom. The molecule has 0 saturated carbocycles. The number of hydrogen-bond acceptors (Lipinski definition) is 10. The van der Waals surface area contributed by atoms with E-state index in [0.717, 1.165) is 25.7 Å². The summed E-state index contributed by atoms with van der Waals surface area (Å²) in [6.07, 6.45) is 3.71. The first-order chi connectivity index (χ1) is 15.1. The molecular formula is C18H24Cl2N6O6. The smallest absolute Gasteiger partial charge is 0.329 e. The van der Waals surface area contributed by atoms with Gasteiger partial charge in [-0.05, 0) is 12.8 Å². The van der Waals surface area contributed by atoms with Crippen LogP contribution in [0.2, 0.25) is 10.0 Å². The van der Waals surface area contributed by atoms with Crippen molar-refractivity contribution in [1.82, 2.24) is 9.97 Å². The summed E-state index contributed by atoms with van der Waals surface area (Å²) in [4.78, 5) is 27.3. The van der Waals surface area contributed by atoms with Crippen LogP contribution >= 0.6 is 23.2 Å². The third-order valence-corrected chi connectivity index (χ3v) is 4.34. The van der Waals surface area contributed by atoms with E-state index in [9.17, 15) is 20.2 Å². The van der Waals surface area contributed by atoms with Gasteiger partial charge in [0.15, 0.2) is 0 Å². The molecular weight excluding hydrogens is 467 g/mol. The molecule has 0 unspecified atom stereocenters. The number of pyridine rings is 2. The molecule has 4 N–H and O–H groups in total. The summed E-state index contributed by atoms with van der Waals surface area (Å²) in [6, 6.07) is 2.59. The average molecular weight is 491 g/mol. The van der Waals surface area contributed by atoms with Crippen molar-refractivity contribution < 1.29 is 19.3 Å². The predicted octanol–water partition coefficient (Wildman–Crippen LogP) is 4.81. The van der Waals surface area contributed by atoms with Gasteiger partial charge in [-0.25, -0.2) is 0 Å². The molecule has 32 heavy (non-hydrogen) atoms. The molecule has 0 amide bonds. The van der Waals surface area contributed by atoms with E-state index in [4.69, 9.17) is 44.1 Å². The van der Waals surface area contributed by atoms with E-state index in [1.807, 2.05) is 13.8 Å². The number of nitrogen functional groups attached to an aromatic ring is 2. The Labute approximate surface area is 194 Å². The van der Waals surface area contributed by atoms with Crippen LogP contribution in [0, 0.1) is 20.2 Å². The number of aromatic nitrogens is 2. The highest BCUT2D eigenvalue weighted by molar-refractivity contribution is 6.33. The highest BCUT2D eigenvalue weighted by Crippen LogP contribution is 2.33. The van der Waals surface area contributed by atoms with Crippen LogP contribution in [0.15, 0.2) is 12.1 Å². The molecule has 0 aliphatic heterocycles. The largest absolute Gasteiger partial charge is 0.478 e. The molecule has 2 aromatic heterocycles. The van der Waals surface area contributed by atoms with Gasteiger partial charge in [0, 0.05) is 12.1 Å². The standard InChI is InChI=1S/2C9H12ClN3O3/c2*1-2-3-4-16-7-5-6(10)8(13(14)15)9(11)12-7/h2*5H,2-4H2,1H3,(H2,11,12). The molecule has 2 heterocycles. The third kappa shape index (κ3) is 8.19. The van der Waals surface area contributed by atoms with Gasteiger partial charge in [0.25, 0.3) is 0 Å². The molecule has 12 nitrogen and oxygen atoms in total. The Hall–Kier alpha value is -3.12. The lowest BCUT2D eigenvalue weighted by molar-refractivity contribution is -0.384. The third-order valence-electron chi connectivity index (χ3n) is 3.76. The Bertz CT molecular complexity index is 825. The van der Waals surface area contributed by atoms with Crippen molar-refractivity contribution in [3.63, 3.8) is 0 Å². The van der Waals surface area contributed by atoms with E-state index in [1.165, 1.54) is 12.1 Å². The summed E-state index contributed by atoms with van der Waals surface area (Å²) in [6.45, 7) is 5.01. The van der Waals surface area contributed by atoms with E-state index in [-0.39, 0.29) is 44.8 Å². The lowest BCUT2D eigenvalue weighted by atomic mass is 10.3. The molecule has 2 aromatic rings. The maximum Gasteiger partial charge on any atom is 0.329 e. The van der Waals surface area contributed by atoms with Crippen LogP contribution in [0.5, 0.6) is 11.8 Å². The van der Waals surface area contributed by atoms with Crippen LogP contribution in [0.25, 0.3) is 0 Å². The summed E-state index contributed by atoms with van der Waals surface area (Å²) in [5.74, 6) is -0.0453. The first-order valence-corrected chi connectivity index (χ1v) is 10.3. The second kappa shape index (κ2) is 13.3. The summed E-state index contributed by atoms with van der Waals surface area (Å²) >= 11 is 11.4. The van der Waals surface area contributed by atoms with Crippen molar-refractivity contribution in [3.8, 4) is 11.8 Å². The molecule has 0 saturated heterocycles. The number of unbranched alkanes of at least 4 members (excludes halogenated alkanes) is 2. The SMILES string of the molecule is CCCCOc1cc(Cl)c([N+](=O)[O-])c(N)n1.CCCCOc1cc(Cl)c([N+](=O)[O-])c(N)n1. The van der Waals surface area contributed by atoms with Gasteiger partial charge in [0.2, 0.25) is 23.4 Å². The fourth-order valence-electron chi connectivity index (χ4n) is 2.16. The van der Waals surface area contributed by atoms with Gasteiger partial charge < -0.3 is 20.9 Å². The van der Waals surface area contributed by atoms with Crippen LogP contribution in [0.4, 0.5) is 23.0 Å². The molecule has 0 aromatic carbocycles. The molecule has 0 fully saturated rings.